The predicted octanol–water partition coefficient (Wildman–Crippen LogP) is -0.336. The number of nitrogens with two attached hydrogens (primary N) is 1. The Labute approximate surface area is 109 Å². The van der Waals surface area contributed by atoms with Gasteiger partial charge < -0.3 is 4.74 Å². The number of rotatable bonds is 5. The minimum absolute atomic E-state index is 0.166. The Hall–Kier alpha value is -2.48. The minimum Gasteiger partial charge on any atom is -0.490 e. The molecule has 0 aliphatic heterocycles. The highest BCUT2D eigenvalue weighted by atomic mass is 16.5. The number of nitrogens with one attached hydrogen (secondary N) is 1. The molecular formula is C11H14N6O2. The van der Waals surface area contributed by atoms with Gasteiger partial charge >= 0.3 is 0 Å². The number of hydrazine groups is 1. The second-order valence-electron chi connectivity index (χ2n) is 3.82. The van der Waals surface area contributed by atoms with E-state index in [4.69, 9.17) is 10.6 Å². The number of aryl methyl sites for hydroxylation is 1. The van der Waals surface area contributed by atoms with Gasteiger partial charge in [-0.05, 0) is 19.1 Å². The van der Waals surface area contributed by atoms with E-state index in [0.717, 1.165) is 5.69 Å². The lowest BCUT2D eigenvalue weighted by Crippen LogP contribution is -2.30. The smallest absolute Gasteiger partial charge is 0.287 e. The van der Waals surface area contributed by atoms with Crippen molar-refractivity contribution >= 4 is 5.91 Å². The first-order valence-electron chi connectivity index (χ1n) is 5.65. The average Bonchev–Trinajstić information content (AvgIpc) is 2.89. The van der Waals surface area contributed by atoms with Crippen molar-refractivity contribution in [3.63, 3.8) is 0 Å². The van der Waals surface area contributed by atoms with E-state index >= 15 is 0 Å². The largest absolute Gasteiger partial charge is 0.490 e. The molecule has 8 heteroatoms. The van der Waals surface area contributed by atoms with E-state index in [9.17, 15) is 4.79 Å². The van der Waals surface area contributed by atoms with E-state index in [-0.39, 0.29) is 5.69 Å². The normalized spacial score (nSPS) is 10.2. The molecule has 0 atom stereocenters. The van der Waals surface area contributed by atoms with Gasteiger partial charge in [0.15, 0.2) is 5.69 Å². The van der Waals surface area contributed by atoms with Crippen LogP contribution in [0.2, 0.25) is 0 Å². The first-order chi connectivity index (χ1) is 9.19. The molecule has 0 aliphatic rings. The van der Waals surface area contributed by atoms with Gasteiger partial charge in [-0.25, -0.2) is 10.5 Å². The predicted molar refractivity (Wildman–Crippen MR) is 66.1 cm³/mol. The lowest BCUT2D eigenvalue weighted by atomic mass is 10.4. The minimum atomic E-state index is -0.477. The molecule has 3 N–H and O–H groups in total. The van der Waals surface area contributed by atoms with Gasteiger partial charge in [-0.1, -0.05) is 5.21 Å². The zero-order chi connectivity index (χ0) is 13.7. The molecule has 0 spiro atoms. The topological polar surface area (TPSA) is 108 Å². The maximum Gasteiger partial charge on any atom is 0.287 e. The molecule has 0 radical (unpaired) electrons. The van der Waals surface area contributed by atoms with Gasteiger partial charge in [0.2, 0.25) is 0 Å². The summed E-state index contributed by atoms with van der Waals surface area (Å²) in [6, 6.07) is 3.71. The van der Waals surface area contributed by atoms with Crippen molar-refractivity contribution in [2.45, 2.75) is 13.5 Å². The average molecular weight is 262 g/mol. The van der Waals surface area contributed by atoms with Crippen LogP contribution >= 0.6 is 0 Å². The van der Waals surface area contributed by atoms with Crippen molar-refractivity contribution in [3.8, 4) is 5.75 Å². The van der Waals surface area contributed by atoms with E-state index in [1.54, 1.807) is 6.20 Å². The van der Waals surface area contributed by atoms with Gasteiger partial charge in [-0.15, -0.1) is 5.10 Å². The first kappa shape index (κ1) is 13.0. The molecule has 2 heterocycles. The molecule has 2 aromatic rings. The Bertz CT molecular complexity index is 551. The molecule has 0 aliphatic carbocycles. The monoisotopic (exact) mass is 262 g/mol. The Balaban J connectivity index is 1.84. The third kappa shape index (κ3) is 3.49. The van der Waals surface area contributed by atoms with Crippen LogP contribution in [0.3, 0.4) is 0 Å². The van der Waals surface area contributed by atoms with Crippen molar-refractivity contribution in [3.05, 3.63) is 35.9 Å². The van der Waals surface area contributed by atoms with Crippen LogP contribution < -0.4 is 16.0 Å². The van der Waals surface area contributed by atoms with Gasteiger partial charge in [0.1, 0.15) is 12.4 Å². The molecule has 0 bridgehead atoms. The number of nitrogen functional groups attached to an aromatic ring is 1. The zero-order valence-corrected chi connectivity index (χ0v) is 10.4. The summed E-state index contributed by atoms with van der Waals surface area (Å²) in [6.45, 7) is 2.78. The van der Waals surface area contributed by atoms with Crippen LogP contribution in [-0.2, 0) is 6.54 Å². The van der Waals surface area contributed by atoms with Crippen LogP contribution in [0.1, 0.15) is 16.2 Å². The van der Waals surface area contributed by atoms with E-state index in [0.29, 0.717) is 18.9 Å². The number of hydrogen-bond acceptors (Lipinski definition) is 6. The summed E-state index contributed by atoms with van der Waals surface area (Å²) < 4.78 is 6.99. The number of pyridine rings is 1. The maximum absolute atomic E-state index is 11.2. The summed E-state index contributed by atoms with van der Waals surface area (Å²) >= 11 is 0. The van der Waals surface area contributed by atoms with E-state index in [1.165, 1.54) is 10.9 Å². The summed E-state index contributed by atoms with van der Waals surface area (Å²) in [6.07, 6.45) is 3.16. The van der Waals surface area contributed by atoms with Gasteiger partial charge in [0, 0.05) is 5.69 Å². The fourth-order valence-electron chi connectivity index (χ4n) is 1.38. The summed E-state index contributed by atoms with van der Waals surface area (Å²) in [4.78, 5) is 15.3. The molecule has 19 heavy (non-hydrogen) atoms. The third-order valence-electron chi connectivity index (χ3n) is 2.38. The SMILES string of the molecule is Cc1ccc(OCCn2cc(C(=O)NN)nn2)cn1. The van der Waals surface area contributed by atoms with Crippen LogP contribution in [0.25, 0.3) is 0 Å². The van der Waals surface area contributed by atoms with Crippen LogP contribution in [0.15, 0.2) is 24.5 Å². The Kier molecular flexibility index (Phi) is 4.04. The summed E-state index contributed by atoms with van der Waals surface area (Å²) in [5, 5.41) is 7.46. The summed E-state index contributed by atoms with van der Waals surface area (Å²) in [7, 11) is 0. The molecule has 0 aromatic carbocycles. The van der Waals surface area contributed by atoms with Crippen molar-refractivity contribution in [1.82, 2.24) is 25.4 Å². The highest BCUT2D eigenvalue weighted by molar-refractivity contribution is 5.91. The molecule has 100 valence electrons. The van der Waals surface area contributed by atoms with Gasteiger partial charge in [-0.2, -0.15) is 0 Å². The Morgan fingerprint density at radius 1 is 1.53 bits per heavy atom. The molecule has 8 nitrogen and oxygen atoms in total. The number of aromatic nitrogens is 4. The Morgan fingerprint density at radius 2 is 2.37 bits per heavy atom. The molecule has 2 aromatic heterocycles. The van der Waals surface area contributed by atoms with Crippen LogP contribution in [0.5, 0.6) is 5.75 Å². The van der Waals surface area contributed by atoms with Crippen molar-refractivity contribution in [2.24, 2.45) is 5.84 Å². The molecule has 0 saturated heterocycles. The number of hydrogen-bond donors (Lipinski definition) is 2. The van der Waals surface area contributed by atoms with Gasteiger partial charge in [-0.3, -0.25) is 15.2 Å². The van der Waals surface area contributed by atoms with Crippen molar-refractivity contribution in [2.75, 3.05) is 6.61 Å². The molecule has 0 fully saturated rings. The number of carbonyl (C=O) groups excluding carboxylic acids is 1. The highest BCUT2D eigenvalue weighted by Crippen LogP contribution is 2.08. The van der Waals surface area contributed by atoms with Crippen LogP contribution in [0.4, 0.5) is 0 Å². The zero-order valence-electron chi connectivity index (χ0n) is 10.4. The van der Waals surface area contributed by atoms with E-state index < -0.39 is 5.91 Å². The lowest BCUT2D eigenvalue weighted by molar-refractivity contribution is 0.0948. The van der Waals surface area contributed by atoms with Crippen LogP contribution in [0, 0.1) is 6.92 Å². The number of carbonyl (C=O) groups is 1. The van der Waals surface area contributed by atoms with E-state index in [2.05, 4.69) is 15.3 Å². The molecular weight excluding hydrogens is 248 g/mol. The van der Waals surface area contributed by atoms with E-state index in [1.807, 2.05) is 24.5 Å². The Morgan fingerprint density at radius 3 is 3.05 bits per heavy atom. The fourth-order valence-corrected chi connectivity index (χ4v) is 1.38. The van der Waals surface area contributed by atoms with Crippen molar-refractivity contribution in [1.29, 1.82) is 0 Å². The maximum atomic E-state index is 11.2. The number of nitrogens with zero attached hydrogens (tertiary/aromatic N) is 4. The van der Waals surface area contributed by atoms with Crippen LogP contribution in [-0.4, -0.2) is 32.5 Å². The highest BCUT2D eigenvalue weighted by Gasteiger charge is 2.08. The summed E-state index contributed by atoms with van der Waals surface area (Å²) in [5.74, 6) is 5.20. The summed E-state index contributed by atoms with van der Waals surface area (Å²) in [5.41, 5.74) is 3.09. The molecule has 0 saturated carbocycles. The van der Waals surface area contributed by atoms with Gasteiger partial charge in [0.05, 0.1) is 18.9 Å². The van der Waals surface area contributed by atoms with Crippen molar-refractivity contribution < 1.29 is 9.53 Å². The number of amides is 1. The molecule has 0 unspecified atom stereocenters. The standard InChI is InChI=1S/C11H14N6O2/c1-8-2-3-9(6-13-8)19-5-4-17-7-10(15-16-17)11(18)14-12/h2-3,6-7H,4-5,12H2,1H3,(H,14,18). The third-order valence-corrected chi connectivity index (χ3v) is 2.38. The number of ether oxygens (including phenoxy) is 1. The molecule has 2 rings (SSSR count). The fraction of sp³-hybridized carbons (Fsp3) is 0.273. The molecule has 1 amide bonds. The first-order valence-corrected chi connectivity index (χ1v) is 5.65. The second-order valence-corrected chi connectivity index (χ2v) is 3.82. The second kappa shape index (κ2) is 5.91. The lowest BCUT2D eigenvalue weighted by Gasteiger charge is -2.05. The van der Waals surface area contributed by atoms with Gasteiger partial charge in [0.25, 0.3) is 5.91 Å². The quantitative estimate of drug-likeness (QED) is 0.434.